The predicted octanol–water partition coefficient (Wildman–Crippen LogP) is 3.34. The highest BCUT2D eigenvalue weighted by atomic mass is 16.7. The van der Waals surface area contributed by atoms with Crippen molar-refractivity contribution in [3.05, 3.63) is 93.8 Å². The van der Waals surface area contributed by atoms with Gasteiger partial charge in [-0.3, -0.25) is 29.6 Å². The summed E-state index contributed by atoms with van der Waals surface area (Å²) < 4.78 is 10.7. The molecule has 0 aliphatic carbocycles. The summed E-state index contributed by atoms with van der Waals surface area (Å²) >= 11 is 0. The lowest BCUT2D eigenvalue weighted by Crippen LogP contribution is -2.29. The number of carbonyl (C=O) groups excluding carboxylic acids is 2. The molecule has 3 heterocycles. The molecule has 2 aliphatic heterocycles. The lowest BCUT2D eigenvalue weighted by atomic mass is 9.95. The minimum absolute atomic E-state index is 0.0399. The molecule has 5 rings (SSSR count). The van der Waals surface area contributed by atoms with Gasteiger partial charge in [0.05, 0.1) is 16.5 Å². The zero-order valence-corrected chi connectivity index (χ0v) is 16.9. The van der Waals surface area contributed by atoms with Crippen LogP contribution in [0.15, 0.2) is 72.6 Å². The first-order valence-corrected chi connectivity index (χ1v) is 9.81. The van der Waals surface area contributed by atoms with E-state index in [0.717, 1.165) is 6.07 Å². The van der Waals surface area contributed by atoms with Crippen LogP contribution in [0.1, 0.15) is 17.2 Å². The van der Waals surface area contributed by atoms with Crippen molar-refractivity contribution >= 4 is 28.8 Å². The van der Waals surface area contributed by atoms with Crippen LogP contribution in [0.5, 0.6) is 11.5 Å². The Balaban J connectivity index is 1.70. The minimum atomic E-state index is -0.993. The molecule has 0 radical (unpaired) electrons. The summed E-state index contributed by atoms with van der Waals surface area (Å²) in [5, 5.41) is 22.2. The quantitative estimate of drug-likeness (QED) is 0.213. The number of nitrogens with zero attached hydrogens (tertiary/aromatic N) is 3. The molecular weight excluding hydrogens is 430 g/mol. The van der Waals surface area contributed by atoms with Crippen LogP contribution in [0.2, 0.25) is 0 Å². The van der Waals surface area contributed by atoms with Crippen LogP contribution in [-0.4, -0.2) is 33.5 Å². The highest BCUT2D eigenvalue weighted by Crippen LogP contribution is 2.44. The average molecular weight is 445 g/mol. The smallest absolute Gasteiger partial charge is 0.300 e. The molecule has 1 amide bonds. The van der Waals surface area contributed by atoms with Crippen molar-refractivity contribution in [2.24, 2.45) is 0 Å². The van der Waals surface area contributed by atoms with E-state index in [1.807, 2.05) is 0 Å². The molecule has 1 aromatic heterocycles. The molecule has 10 nitrogen and oxygen atoms in total. The second-order valence-corrected chi connectivity index (χ2v) is 7.29. The largest absolute Gasteiger partial charge is 0.507 e. The van der Waals surface area contributed by atoms with Crippen molar-refractivity contribution in [2.75, 3.05) is 11.7 Å². The summed E-state index contributed by atoms with van der Waals surface area (Å²) in [5.74, 6) is -1.36. The standard InChI is InChI=1S/C23H15N3O7/c27-21(14-2-1-3-16(10-14)26(30)31)19-20(13-6-8-24-9-7-13)25(23(29)22(19)28)15-4-5-17-18(11-15)33-12-32-17/h1-11,20,27H,12H2/b21-19+. The Kier molecular flexibility index (Phi) is 4.74. The van der Waals surface area contributed by atoms with Crippen LogP contribution in [0.3, 0.4) is 0 Å². The monoisotopic (exact) mass is 445 g/mol. The first kappa shape index (κ1) is 20.2. The zero-order chi connectivity index (χ0) is 23.1. The summed E-state index contributed by atoms with van der Waals surface area (Å²) in [5.41, 5.74) is 0.482. The molecule has 10 heteroatoms. The highest BCUT2D eigenvalue weighted by Gasteiger charge is 2.47. The summed E-state index contributed by atoms with van der Waals surface area (Å²) in [7, 11) is 0. The summed E-state index contributed by atoms with van der Waals surface area (Å²) in [6.45, 7) is 0.0399. The first-order chi connectivity index (χ1) is 16.0. The number of non-ortho nitro benzene ring substituents is 1. The molecule has 1 unspecified atom stereocenters. The van der Waals surface area contributed by atoms with Gasteiger partial charge in [-0.1, -0.05) is 12.1 Å². The Morgan fingerprint density at radius 2 is 1.82 bits per heavy atom. The lowest BCUT2D eigenvalue weighted by molar-refractivity contribution is -0.384. The molecule has 1 fully saturated rings. The second kappa shape index (κ2) is 7.75. The molecule has 1 saturated heterocycles. The van der Waals surface area contributed by atoms with Gasteiger partial charge in [-0.25, -0.2) is 0 Å². The van der Waals surface area contributed by atoms with Crippen molar-refractivity contribution in [3.63, 3.8) is 0 Å². The van der Waals surface area contributed by atoms with E-state index in [0.29, 0.717) is 22.7 Å². The van der Waals surface area contributed by atoms with Gasteiger partial charge < -0.3 is 14.6 Å². The molecule has 1 N–H and O–H groups in total. The topological polar surface area (TPSA) is 132 Å². The molecule has 0 spiro atoms. The number of nitro groups is 1. The van der Waals surface area contributed by atoms with Crippen LogP contribution in [-0.2, 0) is 9.59 Å². The molecule has 1 atom stereocenters. The Bertz CT molecular complexity index is 1340. The third kappa shape index (κ3) is 3.33. The fourth-order valence-electron chi connectivity index (χ4n) is 3.92. The van der Waals surface area contributed by atoms with Crippen molar-refractivity contribution in [1.82, 2.24) is 4.98 Å². The number of benzene rings is 2. The Labute approximate surface area is 186 Å². The maximum absolute atomic E-state index is 13.1. The number of pyridine rings is 1. The number of amides is 1. The van der Waals surface area contributed by atoms with E-state index in [4.69, 9.17) is 9.47 Å². The van der Waals surface area contributed by atoms with Crippen LogP contribution < -0.4 is 14.4 Å². The van der Waals surface area contributed by atoms with Crippen LogP contribution >= 0.6 is 0 Å². The van der Waals surface area contributed by atoms with Crippen LogP contribution in [0, 0.1) is 10.1 Å². The average Bonchev–Trinajstić information content (AvgIpc) is 3.41. The number of hydrogen-bond acceptors (Lipinski definition) is 8. The number of ketones is 1. The molecule has 164 valence electrons. The van der Waals surface area contributed by atoms with E-state index in [2.05, 4.69) is 4.98 Å². The number of aromatic nitrogens is 1. The van der Waals surface area contributed by atoms with Gasteiger partial charge in [0.15, 0.2) is 11.5 Å². The Morgan fingerprint density at radius 1 is 1.06 bits per heavy atom. The third-order valence-corrected chi connectivity index (χ3v) is 5.43. The maximum atomic E-state index is 13.1. The summed E-state index contributed by atoms with van der Waals surface area (Å²) in [6.07, 6.45) is 3.00. The van der Waals surface area contributed by atoms with Gasteiger partial charge in [-0.15, -0.1) is 0 Å². The van der Waals surface area contributed by atoms with Crippen LogP contribution in [0.4, 0.5) is 11.4 Å². The van der Waals surface area contributed by atoms with Crippen molar-refractivity contribution in [2.45, 2.75) is 6.04 Å². The Hall–Kier alpha value is -4.73. The van der Waals surface area contributed by atoms with Gasteiger partial charge in [0, 0.05) is 41.8 Å². The van der Waals surface area contributed by atoms with E-state index < -0.39 is 28.4 Å². The van der Waals surface area contributed by atoms with Crippen LogP contribution in [0.25, 0.3) is 5.76 Å². The van der Waals surface area contributed by atoms with E-state index in [1.54, 1.807) is 30.3 Å². The number of ether oxygens (including phenoxy) is 2. The normalized spacial score (nSPS) is 18.5. The van der Waals surface area contributed by atoms with Gasteiger partial charge in [0.1, 0.15) is 5.76 Å². The Morgan fingerprint density at radius 3 is 2.58 bits per heavy atom. The van der Waals surface area contributed by atoms with Gasteiger partial charge in [0.25, 0.3) is 17.4 Å². The molecular formula is C23H15N3O7. The van der Waals surface area contributed by atoms with Crippen molar-refractivity contribution in [3.8, 4) is 11.5 Å². The fourth-order valence-corrected chi connectivity index (χ4v) is 3.92. The molecule has 33 heavy (non-hydrogen) atoms. The fraction of sp³-hybridized carbons (Fsp3) is 0.0870. The molecule has 0 saturated carbocycles. The second-order valence-electron chi connectivity index (χ2n) is 7.29. The number of rotatable bonds is 4. The van der Waals surface area contributed by atoms with E-state index in [9.17, 15) is 24.8 Å². The van der Waals surface area contributed by atoms with E-state index >= 15 is 0 Å². The van der Waals surface area contributed by atoms with Crippen molar-refractivity contribution < 1.29 is 29.1 Å². The van der Waals surface area contributed by atoms with Gasteiger partial charge >= 0.3 is 0 Å². The maximum Gasteiger partial charge on any atom is 0.300 e. The third-order valence-electron chi connectivity index (χ3n) is 5.43. The van der Waals surface area contributed by atoms with E-state index in [-0.39, 0.29) is 23.6 Å². The highest BCUT2D eigenvalue weighted by molar-refractivity contribution is 6.51. The molecule has 0 bridgehead atoms. The number of anilines is 1. The summed E-state index contributed by atoms with van der Waals surface area (Å²) in [4.78, 5) is 42.1. The lowest BCUT2D eigenvalue weighted by Gasteiger charge is -2.25. The number of nitro benzene ring substituents is 1. The van der Waals surface area contributed by atoms with Gasteiger partial charge in [-0.05, 0) is 29.8 Å². The first-order valence-electron chi connectivity index (χ1n) is 9.81. The number of aliphatic hydroxyl groups is 1. The zero-order valence-electron chi connectivity index (χ0n) is 16.9. The van der Waals surface area contributed by atoms with Crippen molar-refractivity contribution in [1.29, 1.82) is 0 Å². The number of carbonyl (C=O) groups is 2. The van der Waals surface area contributed by atoms with E-state index in [1.165, 1.54) is 35.5 Å². The molecule has 2 aliphatic rings. The SMILES string of the molecule is O=C1C(=O)N(c2ccc3c(c2)OCO3)C(c2ccncc2)/C1=C(\O)c1cccc([N+](=O)[O-])c1. The molecule has 2 aromatic carbocycles. The van der Waals surface area contributed by atoms with Gasteiger partial charge in [0.2, 0.25) is 6.79 Å². The minimum Gasteiger partial charge on any atom is -0.507 e. The number of hydrogen-bond donors (Lipinski definition) is 1. The number of fused-ring (bicyclic) bond motifs is 1. The number of aliphatic hydroxyl groups excluding tert-OH is 1. The molecule has 3 aromatic rings. The predicted molar refractivity (Wildman–Crippen MR) is 115 cm³/mol. The summed E-state index contributed by atoms with van der Waals surface area (Å²) in [6, 6.07) is 12.3. The van der Waals surface area contributed by atoms with Gasteiger partial charge in [-0.2, -0.15) is 0 Å². The number of Topliss-reactive ketones (excluding diaryl/α,β-unsaturated/α-hetero) is 1.